The molecule has 0 unspecified atom stereocenters. The molecule has 1 heterocycles. The Morgan fingerprint density at radius 2 is 2.19 bits per heavy atom. The van der Waals surface area contributed by atoms with Gasteiger partial charge in [0.15, 0.2) is 0 Å². The molecule has 0 fully saturated rings. The maximum absolute atomic E-state index is 11.9. The number of carbonyl (C=O) groups excluding carboxylic acids is 1. The molecule has 1 rings (SSSR count). The summed E-state index contributed by atoms with van der Waals surface area (Å²) in [6.07, 6.45) is 0.693. The van der Waals surface area contributed by atoms with Crippen LogP contribution in [0, 0.1) is 13.8 Å². The van der Waals surface area contributed by atoms with Gasteiger partial charge in [-0.1, -0.05) is 6.92 Å². The van der Waals surface area contributed by atoms with Crippen LogP contribution in [0.5, 0.6) is 0 Å². The van der Waals surface area contributed by atoms with E-state index < -0.39 is 0 Å². The summed E-state index contributed by atoms with van der Waals surface area (Å²) in [5, 5.41) is 19.5. The first-order valence-corrected chi connectivity index (χ1v) is 5.31. The van der Waals surface area contributed by atoms with E-state index in [2.05, 4.69) is 15.5 Å². The lowest BCUT2D eigenvalue weighted by molar-refractivity contribution is 0.0913. The van der Waals surface area contributed by atoms with Crippen molar-refractivity contribution in [1.29, 1.82) is 0 Å². The molecule has 5 nitrogen and oxygen atoms in total. The largest absolute Gasteiger partial charge is 0.394 e. The van der Waals surface area contributed by atoms with Gasteiger partial charge in [-0.15, -0.1) is 0 Å². The number of nitrogens with zero attached hydrogens (tertiary/aromatic N) is 2. The van der Waals surface area contributed by atoms with Crippen molar-refractivity contribution in [3.05, 3.63) is 23.0 Å². The van der Waals surface area contributed by atoms with Gasteiger partial charge in [-0.2, -0.15) is 10.2 Å². The maximum atomic E-state index is 11.9. The highest BCUT2D eigenvalue weighted by molar-refractivity contribution is 5.95. The van der Waals surface area contributed by atoms with Crippen molar-refractivity contribution in [1.82, 2.24) is 15.5 Å². The fourth-order valence-corrected chi connectivity index (χ4v) is 1.32. The molecule has 1 aromatic rings. The highest BCUT2D eigenvalue weighted by atomic mass is 16.3. The number of nitrogens with one attached hydrogen (secondary N) is 1. The van der Waals surface area contributed by atoms with E-state index in [9.17, 15) is 4.79 Å². The first-order chi connectivity index (χ1) is 7.58. The third-order valence-corrected chi connectivity index (χ3v) is 2.39. The molecule has 5 heteroatoms. The van der Waals surface area contributed by atoms with Gasteiger partial charge in [0.1, 0.15) is 0 Å². The van der Waals surface area contributed by atoms with Gasteiger partial charge in [0, 0.05) is 0 Å². The van der Waals surface area contributed by atoms with Gasteiger partial charge in [-0.25, -0.2) is 0 Å². The normalized spacial score (nSPS) is 12.2. The van der Waals surface area contributed by atoms with Crippen molar-refractivity contribution in [2.75, 3.05) is 6.61 Å². The lowest BCUT2D eigenvalue weighted by atomic mass is 10.1. The molecule has 0 saturated heterocycles. The molecule has 1 amide bonds. The molecule has 0 aliphatic rings. The molecule has 2 N–H and O–H groups in total. The van der Waals surface area contributed by atoms with Crippen LogP contribution in [0.2, 0.25) is 0 Å². The fraction of sp³-hybridized carbons (Fsp3) is 0.545. The van der Waals surface area contributed by atoms with Gasteiger partial charge in [-0.3, -0.25) is 4.79 Å². The molecular formula is C11H17N3O2. The molecule has 0 saturated carbocycles. The zero-order valence-corrected chi connectivity index (χ0v) is 9.82. The summed E-state index contributed by atoms with van der Waals surface area (Å²) in [6.45, 7) is 5.37. The van der Waals surface area contributed by atoms with E-state index in [-0.39, 0.29) is 18.6 Å². The summed E-state index contributed by atoms with van der Waals surface area (Å²) >= 11 is 0. The van der Waals surface area contributed by atoms with E-state index in [4.69, 9.17) is 5.11 Å². The molecule has 1 atom stereocenters. The minimum absolute atomic E-state index is 0.0568. The Morgan fingerprint density at radius 1 is 1.50 bits per heavy atom. The highest BCUT2D eigenvalue weighted by Gasteiger charge is 2.14. The summed E-state index contributed by atoms with van der Waals surface area (Å²) in [5.41, 5.74) is 1.81. The monoisotopic (exact) mass is 223 g/mol. The average Bonchev–Trinajstić information content (AvgIpc) is 2.28. The predicted molar refractivity (Wildman–Crippen MR) is 60.1 cm³/mol. The summed E-state index contributed by atoms with van der Waals surface area (Å²) in [4.78, 5) is 11.9. The third-order valence-electron chi connectivity index (χ3n) is 2.39. The number of hydrogen-bond acceptors (Lipinski definition) is 4. The molecular weight excluding hydrogens is 206 g/mol. The average molecular weight is 223 g/mol. The zero-order valence-electron chi connectivity index (χ0n) is 9.82. The minimum atomic E-state index is -0.212. The van der Waals surface area contributed by atoms with Crippen LogP contribution in [0.25, 0.3) is 0 Å². The number of amides is 1. The number of carbonyl (C=O) groups is 1. The highest BCUT2D eigenvalue weighted by Crippen LogP contribution is 2.05. The Kier molecular flexibility index (Phi) is 4.37. The second-order valence-corrected chi connectivity index (χ2v) is 3.75. The van der Waals surface area contributed by atoms with Crippen LogP contribution in [0.15, 0.2) is 6.07 Å². The standard InChI is InChI=1S/C11H17N3O2/c1-4-9(6-15)12-11(16)10-5-7(2)13-14-8(10)3/h5,9,15H,4,6H2,1-3H3,(H,12,16)/t9-/m0/s1. The van der Waals surface area contributed by atoms with Crippen molar-refractivity contribution in [2.24, 2.45) is 0 Å². The number of rotatable bonds is 4. The van der Waals surface area contributed by atoms with E-state index >= 15 is 0 Å². The Balaban J connectivity index is 2.83. The maximum Gasteiger partial charge on any atom is 0.253 e. The van der Waals surface area contributed by atoms with E-state index in [1.54, 1.807) is 19.9 Å². The quantitative estimate of drug-likeness (QED) is 0.783. The van der Waals surface area contributed by atoms with Crippen LogP contribution in [0.4, 0.5) is 0 Å². The van der Waals surface area contributed by atoms with Gasteiger partial charge < -0.3 is 10.4 Å². The van der Waals surface area contributed by atoms with Crippen LogP contribution in [0.1, 0.15) is 35.1 Å². The molecule has 0 spiro atoms. The van der Waals surface area contributed by atoms with Crippen LogP contribution in [-0.2, 0) is 0 Å². The van der Waals surface area contributed by atoms with Crippen LogP contribution in [0.3, 0.4) is 0 Å². The summed E-state index contributed by atoms with van der Waals surface area (Å²) in [6, 6.07) is 1.49. The van der Waals surface area contributed by atoms with E-state index in [1.807, 2.05) is 6.92 Å². The Hall–Kier alpha value is -1.49. The molecule has 16 heavy (non-hydrogen) atoms. The molecule has 0 aliphatic heterocycles. The zero-order chi connectivity index (χ0) is 12.1. The smallest absolute Gasteiger partial charge is 0.253 e. The predicted octanol–water partition coefficient (Wildman–Crippen LogP) is 0.594. The van der Waals surface area contributed by atoms with Crippen molar-refractivity contribution in [3.8, 4) is 0 Å². The Morgan fingerprint density at radius 3 is 2.75 bits per heavy atom. The van der Waals surface area contributed by atoms with Crippen LogP contribution < -0.4 is 5.32 Å². The van der Waals surface area contributed by atoms with Gasteiger partial charge in [0.05, 0.1) is 29.6 Å². The molecule has 0 bridgehead atoms. The number of aryl methyl sites for hydroxylation is 2. The summed E-state index contributed by atoms with van der Waals surface area (Å²) in [7, 11) is 0. The van der Waals surface area contributed by atoms with Crippen molar-refractivity contribution < 1.29 is 9.90 Å². The Bertz CT molecular complexity index is 375. The van der Waals surface area contributed by atoms with Gasteiger partial charge >= 0.3 is 0 Å². The number of aliphatic hydroxyl groups is 1. The van der Waals surface area contributed by atoms with Gasteiger partial charge in [0.25, 0.3) is 5.91 Å². The fourth-order valence-electron chi connectivity index (χ4n) is 1.32. The molecule has 88 valence electrons. The topological polar surface area (TPSA) is 75.1 Å². The Labute approximate surface area is 94.9 Å². The van der Waals surface area contributed by atoms with E-state index in [1.165, 1.54) is 0 Å². The van der Waals surface area contributed by atoms with Crippen LogP contribution in [-0.4, -0.2) is 33.9 Å². The minimum Gasteiger partial charge on any atom is -0.394 e. The first kappa shape index (κ1) is 12.6. The summed E-state index contributed by atoms with van der Waals surface area (Å²) in [5.74, 6) is -0.212. The molecule has 0 aliphatic carbocycles. The molecule has 0 aromatic carbocycles. The van der Waals surface area contributed by atoms with Crippen molar-refractivity contribution >= 4 is 5.91 Å². The molecule has 0 radical (unpaired) electrons. The summed E-state index contributed by atoms with van der Waals surface area (Å²) < 4.78 is 0. The second-order valence-electron chi connectivity index (χ2n) is 3.75. The number of aliphatic hydroxyl groups excluding tert-OH is 1. The first-order valence-electron chi connectivity index (χ1n) is 5.31. The van der Waals surface area contributed by atoms with Crippen molar-refractivity contribution in [3.63, 3.8) is 0 Å². The van der Waals surface area contributed by atoms with E-state index in [0.717, 1.165) is 0 Å². The number of hydrogen-bond donors (Lipinski definition) is 2. The van der Waals surface area contributed by atoms with E-state index in [0.29, 0.717) is 23.4 Å². The lowest BCUT2D eigenvalue weighted by Crippen LogP contribution is -2.37. The third kappa shape index (κ3) is 3.00. The second kappa shape index (κ2) is 5.55. The SMILES string of the molecule is CC[C@@H](CO)NC(=O)c1cc(C)nnc1C. The van der Waals surface area contributed by atoms with Gasteiger partial charge in [0.2, 0.25) is 0 Å². The van der Waals surface area contributed by atoms with Gasteiger partial charge in [-0.05, 0) is 26.3 Å². The molecule has 1 aromatic heterocycles. The number of aromatic nitrogens is 2. The van der Waals surface area contributed by atoms with Crippen molar-refractivity contribution in [2.45, 2.75) is 33.2 Å². The van der Waals surface area contributed by atoms with Crippen LogP contribution >= 0.6 is 0 Å². The lowest BCUT2D eigenvalue weighted by Gasteiger charge is -2.14.